The minimum absolute atomic E-state index is 0.126. The van der Waals surface area contributed by atoms with Gasteiger partial charge in [0.05, 0.1) is 11.3 Å². The maximum atomic E-state index is 13.6. The highest BCUT2D eigenvalue weighted by Crippen LogP contribution is 2.34. The van der Waals surface area contributed by atoms with Gasteiger partial charge in [0.1, 0.15) is 11.3 Å². The van der Waals surface area contributed by atoms with Gasteiger partial charge in [-0.2, -0.15) is 26.3 Å². The number of rotatable bonds is 8. The van der Waals surface area contributed by atoms with Crippen molar-refractivity contribution in [2.45, 2.75) is 18.8 Å². The predicted octanol–water partition coefficient (Wildman–Crippen LogP) is 4.75. The molecular formula is C24H25F6N7OS. The minimum Gasteiger partial charge on any atom is -0.351 e. The Hall–Kier alpha value is -3.30. The molecule has 1 fully saturated rings. The molecule has 1 aliphatic rings. The molecule has 2 N–H and O–H groups in total. The van der Waals surface area contributed by atoms with Gasteiger partial charge < -0.3 is 20.4 Å². The van der Waals surface area contributed by atoms with Crippen LogP contribution in [-0.4, -0.2) is 77.0 Å². The van der Waals surface area contributed by atoms with E-state index >= 15 is 0 Å². The van der Waals surface area contributed by atoms with Gasteiger partial charge in [0.2, 0.25) is 5.95 Å². The number of amides is 1. The summed E-state index contributed by atoms with van der Waals surface area (Å²) in [5.41, 5.74) is -2.53. The van der Waals surface area contributed by atoms with Crippen LogP contribution in [0.15, 0.2) is 35.8 Å². The van der Waals surface area contributed by atoms with E-state index in [0.29, 0.717) is 19.2 Å². The van der Waals surface area contributed by atoms with Gasteiger partial charge in [-0.3, -0.25) is 4.79 Å². The van der Waals surface area contributed by atoms with Gasteiger partial charge in [0.15, 0.2) is 5.13 Å². The number of alkyl halides is 6. The maximum absolute atomic E-state index is 13.6. The van der Waals surface area contributed by atoms with Gasteiger partial charge in [-0.1, -0.05) is 12.1 Å². The number of anilines is 2. The summed E-state index contributed by atoms with van der Waals surface area (Å²) >= 11 is 0.993. The number of halogens is 6. The van der Waals surface area contributed by atoms with Crippen molar-refractivity contribution in [3.8, 4) is 11.3 Å². The third-order valence-electron chi connectivity index (χ3n) is 6.05. The van der Waals surface area contributed by atoms with E-state index in [0.717, 1.165) is 49.6 Å². The highest BCUT2D eigenvalue weighted by atomic mass is 32.1. The molecule has 39 heavy (non-hydrogen) atoms. The Balaban J connectivity index is 1.44. The first-order chi connectivity index (χ1) is 18.4. The Morgan fingerprint density at radius 1 is 1.05 bits per heavy atom. The van der Waals surface area contributed by atoms with Gasteiger partial charge in [0.25, 0.3) is 5.91 Å². The van der Waals surface area contributed by atoms with E-state index in [9.17, 15) is 31.1 Å². The van der Waals surface area contributed by atoms with Crippen LogP contribution in [0.4, 0.5) is 37.4 Å². The number of nitrogens with zero attached hydrogens (tertiary/aromatic N) is 5. The van der Waals surface area contributed by atoms with Crippen LogP contribution >= 0.6 is 11.3 Å². The zero-order chi connectivity index (χ0) is 28.2. The molecule has 1 amide bonds. The van der Waals surface area contributed by atoms with Crippen LogP contribution in [0.2, 0.25) is 0 Å². The molecule has 210 valence electrons. The monoisotopic (exact) mass is 573 g/mol. The third-order valence-corrected chi connectivity index (χ3v) is 6.81. The highest BCUT2D eigenvalue weighted by molar-refractivity contribution is 7.14. The van der Waals surface area contributed by atoms with Crippen molar-refractivity contribution in [1.82, 2.24) is 30.1 Å². The molecular weight excluding hydrogens is 548 g/mol. The molecule has 0 aliphatic carbocycles. The van der Waals surface area contributed by atoms with Crippen LogP contribution in [0.25, 0.3) is 11.3 Å². The molecule has 0 unspecified atom stereocenters. The summed E-state index contributed by atoms with van der Waals surface area (Å²) in [6.07, 6.45) is -8.31. The molecule has 0 bridgehead atoms. The van der Waals surface area contributed by atoms with Gasteiger partial charge in [-0.25, -0.2) is 15.0 Å². The summed E-state index contributed by atoms with van der Waals surface area (Å²) in [4.78, 5) is 28.7. The fourth-order valence-corrected chi connectivity index (χ4v) is 4.61. The first kappa shape index (κ1) is 28.7. The number of aromatic nitrogens is 3. The van der Waals surface area contributed by atoms with E-state index in [2.05, 4.69) is 35.4 Å². The summed E-state index contributed by atoms with van der Waals surface area (Å²) in [6.45, 7) is 4.50. The fraction of sp³-hybridized carbons (Fsp3) is 0.417. The Morgan fingerprint density at radius 2 is 1.79 bits per heavy atom. The Kier molecular flexibility index (Phi) is 8.71. The van der Waals surface area contributed by atoms with Crippen LogP contribution in [0.1, 0.15) is 28.0 Å². The molecule has 0 atom stereocenters. The average Bonchev–Trinajstić information content (AvgIpc) is 3.35. The van der Waals surface area contributed by atoms with E-state index in [1.54, 1.807) is 0 Å². The molecule has 3 aromatic rings. The smallest absolute Gasteiger partial charge is 0.351 e. The average molecular weight is 574 g/mol. The van der Waals surface area contributed by atoms with Crippen LogP contribution in [-0.2, 0) is 12.4 Å². The lowest BCUT2D eigenvalue weighted by atomic mass is 10.1. The summed E-state index contributed by atoms with van der Waals surface area (Å²) in [7, 11) is 2.03. The number of likely N-dealkylation sites (N-methyl/N-ethyl adjacent to an activating group) is 1. The van der Waals surface area contributed by atoms with Gasteiger partial charge in [-0.15, -0.1) is 11.3 Å². The summed E-state index contributed by atoms with van der Waals surface area (Å²) < 4.78 is 79.8. The van der Waals surface area contributed by atoms with Crippen molar-refractivity contribution >= 4 is 28.3 Å². The number of hydrogen-bond donors (Lipinski definition) is 2. The maximum Gasteiger partial charge on any atom is 0.420 e. The van der Waals surface area contributed by atoms with Crippen molar-refractivity contribution in [2.24, 2.45) is 0 Å². The van der Waals surface area contributed by atoms with Crippen molar-refractivity contribution in [3.63, 3.8) is 0 Å². The largest absolute Gasteiger partial charge is 0.420 e. The number of hydrogen-bond acceptors (Lipinski definition) is 8. The Labute approximate surface area is 224 Å². The molecule has 2 aromatic heterocycles. The minimum atomic E-state index is -4.86. The normalized spacial score (nSPS) is 15.4. The predicted molar refractivity (Wildman–Crippen MR) is 134 cm³/mol. The number of thiazole rings is 1. The molecule has 4 rings (SSSR count). The lowest BCUT2D eigenvalue weighted by Gasteiger charge is -2.32. The van der Waals surface area contributed by atoms with E-state index in [1.807, 2.05) is 7.05 Å². The first-order valence-electron chi connectivity index (χ1n) is 11.9. The zero-order valence-corrected chi connectivity index (χ0v) is 21.6. The number of carbonyl (C=O) groups excluding carboxylic acids is 1. The van der Waals surface area contributed by atoms with Crippen molar-refractivity contribution in [3.05, 3.63) is 52.7 Å². The van der Waals surface area contributed by atoms with Crippen LogP contribution in [0, 0.1) is 0 Å². The van der Waals surface area contributed by atoms with Crippen LogP contribution in [0.5, 0.6) is 0 Å². The number of benzene rings is 1. The summed E-state index contributed by atoms with van der Waals surface area (Å²) in [6, 6.07) is 4.58. The molecule has 1 aliphatic heterocycles. The van der Waals surface area contributed by atoms with Gasteiger partial charge in [0, 0.05) is 49.9 Å². The lowest BCUT2D eigenvalue weighted by Crippen LogP contribution is -2.45. The number of piperazine rings is 1. The van der Waals surface area contributed by atoms with Gasteiger partial charge in [-0.05, 0) is 32.1 Å². The Bertz CT molecular complexity index is 1290. The Morgan fingerprint density at radius 3 is 2.49 bits per heavy atom. The molecule has 3 heterocycles. The molecule has 8 nitrogen and oxygen atoms in total. The second kappa shape index (κ2) is 11.8. The standard InChI is InChI=1S/C24H25F6N7OS/c1-36-8-10-37(11-9-36)7-3-6-31-20(38)19-17(24(28,29)30)13-32-21(34-19)35-22-33-18(14-39-22)15-4-2-5-16(12-15)23(25,26)27/h2,4-5,12-14H,3,6-11H2,1H3,(H,31,38)(H,32,33,34,35). The van der Waals surface area contributed by atoms with Crippen LogP contribution in [0.3, 0.4) is 0 Å². The number of nitrogens with one attached hydrogen (secondary N) is 2. The highest BCUT2D eigenvalue weighted by Gasteiger charge is 2.37. The molecule has 15 heteroatoms. The van der Waals surface area contributed by atoms with Crippen molar-refractivity contribution < 1.29 is 31.1 Å². The lowest BCUT2D eigenvalue weighted by molar-refractivity contribution is -0.138. The van der Waals surface area contributed by atoms with E-state index in [-0.39, 0.29) is 28.9 Å². The quantitative estimate of drug-likeness (QED) is 0.297. The molecule has 0 saturated carbocycles. The first-order valence-corrected chi connectivity index (χ1v) is 12.8. The fourth-order valence-electron chi connectivity index (χ4n) is 3.90. The topological polar surface area (TPSA) is 86.3 Å². The molecule has 1 aromatic carbocycles. The van der Waals surface area contributed by atoms with Crippen molar-refractivity contribution in [1.29, 1.82) is 0 Å². The van der Waals surface area contributed by atoms with Crippen LogP contribution < -0.4 is 10.6 Å². The van der Waals surface area contributed by atoms with E-state index in [1.165, 1.54) is 17.5 Å². The van der Waals surface area contributed by atoms with Gasteiger partial charge >= 0.3 is 12.4 Å². The zero-order valence-electron chi connectivity index (χ0n) is 20.7. The SMILES string of the molecule is CN1CCN(CCCNC(=O)c2nc(Nc3nc(-c4cccc(C(F)(F)F)c4)cs3)ncc2C(F)(F)F)CC1. The second-order valence-corrected chi connectivity index (χ2v) is 9.81. The van der Waals surface area contributed by atoms with E-state index in [4.69, 9.17) is 0 Å². The summed E-state index contributed by atoms with van der Waals surface area (Å²) in [5, 5.41) is 6.73. The molecule has 0 spiro atoms. The second-order valence-electron chi connectivity index (χ2n) is 8.95. The summed E-state index contributed by atoms with van der Waals surface area (Å²) in [5.74, 6) is -1.30. The number of carbonyl (C=O) groups is 1. The van der Waals surface area contributed by atoms with E-state index < -0.39 is 35.1 Å². The molecule has 0 radical (unpaired) electrons. The third kappa shape index (κ3) is 7.64. The van der Waals surface area contributed by atoms with Crippen molar-refractivity contribution in [2.75, 3.05) is 51.6 Å². The molecule has 1 saturated heterocycles.